The number of carbonyl (C=O) groups is 2. The number of methoxy groups -OCH3 is 1. The Hall–Kier alpha value is -2.73. The Morgan fingerprint density at radius 2 is 1.57 bits per heavy atom. The predicted molar refractivity (Wildman–Crippen MR) is 121 cm³/mol. The zero-order valence-corrected chi connectivity index (χ0v) is 18.1. The molecule has 0 unspecified atom stereocenters. The monoisotopic (exact) mass is 455 g/mol. The molecule has 0 saturated heterocycles. The summed E-state index contributed by atoms with van der Waals surface area (Å²) >= 11 is 13.4. The van der Waals surface area contributed by atoms with Gasteiger partial charge in [-0.1, -0.05) is 65.3 Å². The zero-order valence-electron chi connectivity index (χ0n) is 15.8. The van der Waals surface area contributed by atoms with Crippen LogP contribution in [-0.4, -0.2) is 18.9 Å². The van der Waals surface area contributed by atoms with Gasteiger partial charge in [0.25, 0.3) is 11.8 Å². The van der Waals surface area contributed by atoms with E-state index in [4.69, 9.17) is 27.9 Å². The third-order valence-corrected chi connectivity index (χ3v) is 6.17. The standard InChI is InChI=1S/C23H15Cl2NO3S/c1-29-19-12-9-16(13-18(19)25)26-22(27)20(14-5-3-2-4-6-14)21(23(26)28)30-17-10-7-15(24)8-11-17/h2-13H,1H3. The highest BCUT2D eigenvalue weighted by Gasteiger charge is 2.40. The van der Waals surface area contributed by atoms with Crippen molar-refractivity contribution in [3.8, 4) is 5.75 Å². The van der Waals surface area contributed by atoms with Gasteiger partial charge in [0.15, 0.2) is 0 Å². The van der Waals surface area contributed by atoms with Gasteiger partial charge in [-0.05, 0) is 48.0 Å². The normalized spacial score (nSPS) is 13.9. The number of anilines is 1. The summed E-state index contributed by atoms with van der Waals surface area (Å²) in [5, 5.41) is 0.913. The lowest BCUT2D eigenvalue weighted by Crippen LogP contribution is -2.31. The third kappa shape index (κ3) is 3.84. The molecule has 0 fully saturated rings. The maximum absolute atomic E-state index is 13.4. The van der Waals surface area contributed by atoms with Crippen molar-refractivity contribution in [2.75, 3.05) is 12.0 Å². The van der Waals surface area contributed by atoms with E-state index in [0.29, 0.717) is 37.5 Å². The molecule has 0 N–H and O–H groups in total. The number of halogens is 2. The topological polar surface area (TPSA) is 46.6 Å². The minimum absolute atomic E-state index is 0.315. The lowest BCUT2D eigenvalue weighted by molar-refractivity contribution is -0.119. The van der Waals surface area contributed by atoms with Crippen molar-refractivity contribution in [2.24, 2.45) is 0 Å². The first-order valence-electron chi connectivity index (χ1n) is 8.95. The molecule has 0 radical (unpaired) electrons. The molecular formula is C23H15Cl2NO3S. The van der Waals surface area contributed by atoms with Crippen LogP contribution >= 0.6 is 35.0 Å². The fourth-order valence-electron chi connectivity index (χ4n) is 3.11. The number of thioether (sulfide) groups is 1. The smallest absolute Gasteiger partial charge is 0.272 e. The maximum atomic E-state index is 13.4. The molecule has 1 heterocycles. The van der Waals surface area contributed by atoms with Gasteiger partial charge in [0, 0.05) is 9.92 Å². The number of benzene rings is 3. The minimum Gasteiger partial charge on any atom is -0.495 e. The van der Waals surface area contributed by atoms with Crippen molar-refractivity contribution in [1.29, 1.82) is 0 Å². The first-order chi connectivity index (χ1) is 14.5. The van der Waals surface area contributed by atoms with Crippen LogP contribution in [0.4, 0.5) is 5.69 Å². The SMILES string of the molecule is COc1ccc(N2C(=O)C(Sc3ccc(Cl)cc3)=C(c3ccccc3)C2=O)cc1Cl. The molecule has 7 heteroatoms. The molecular weight excluding hydrogens is 441 g/mol. The molecule has 0 saturated carbocycles. The fourth-order valence-corrected chi connectivity index (χ4v) is 4.48. The molecule has 0 bridgehead atoms. The molecule has 1 aliphatic rings. The maximum Gasteiger partial charge on any atom is 0.272 e. The molecule has 0 aliphatic carbocycles. The number of nitrogens with zero attached hydrogens (tertiary/aromatic N) is 1. The predicted octanol–water partition coefficient (Wildman–Crippen LogP) is 6.08. The first kappa shape index (κ1) is 20.5. The Balaban J connectivity index is 1.79. The second-order valence-corrected chi connectivity index (χ2v) is 8.32. The molecule has 30 heavy (non-hydrogen) atoms. The van der Waals surface area contributed by atoms with E-state index in [9.17, 15) is 9.59 Å². The average Bonchev–Trinajstić information content (AvgIpc) is 2.99. The van der Waals surface area contributed by atoms with E-state index in [1.807, 2.05) is 42.5 Å². The second-order valence-electron chi connectivity index (χ2n) is 6.39. The van der Waals surface area contributed by atoms with Crippen LogP contribution in [0.1, 0.15) is 5.56 Å². The summed E-state index contributed by atoms with van der Waals surface area (Å²) in [5.74, 6) is -0.338. The molecule has 4 nitrogen and oxygen atoms in total. The molecule has 3 aromatic carbocycles. The van der Waals surface area contributed by atoms with Gasteiger partial charge < -0.3 is 4.74 Å². The van der Waals surface area contributed by atoms with Crippen molar-refractivity contribution >= 4 is 58.0 Å². The van der Waals surface area contributed by atoms with E-state index in [0.717, 1.165) is 9.80 Å². The van der Waals surface area contributed by atoms with Crippen LogP contribution in [0.5, 0.6) is 5.75 Å². The molecule has 150 valence electrons. The number of amides is 2. The summed E-state index contributed by atoms with van der Waals surface area (Å²) in [6.45, 7) is 0. The highest BCUT2D eigenvalue weighted by atomic mass is 35.5. The summed E-state index contributed by atoms with van der Waals surface area (Å²) in [4.78, 5) is 29.0. The Morgan fingerprint density at radius 3 is 2.20 bits per heavy atom. The van der Waals surface area contributed by atoms with Crippen LogP contribution in [0.3, 0.4) is 0 Å². The molecule has 0 spiro atoms. The average molecular weight is 456 g/mol. The van der Waals surface area contributed by atoms with E-state index >= 15 is 0 Å². The summed E-state index contributed by atoms with van der Waals surface area (Å²) in [7, 11) is 1.50. The Kier molecular flexibility index (Phi) is 5.86. The molecule has 2 amide bonds. The van der Waals surface area contributed by atoms with E-state index in [1.165, 1.54) is 18.9 Å². The molecule has 1 aliphatic heterocycles. The van der Waals surface area contributed by atoms with Crippen LogP contribution in [0, 0.1) is 0 Å². The van der Waals surface area contributed by atoms with E-state index in [1.54, 1.807) is 30.3 Å². The van der Waals surface area contributed by atoms with Gasteiger partial charge in [-0.15, -0.1) is 0 Å². The summed E-state index contributed by atoms with van der Waals surface area (Å²) < 4.78 is 5.17. The van der Waals surface area contributed by atoms with E-state index in [2.05, 4.69) is 0 Å². The lowest BCUT2D eigenvalue weighted by atomic mass is 10.1. The summed E-state index contributed by atoms with van der Waals surface area (Å²) in [5.41, 5.74) is 1.41. The molecule has 0 aromatic heterocycles. The van der Waals surface area contributed by atoms with Gasteiger partial charge in [-0.2, -0.15) is 0 Å². The van der Waals surface area contributed by atoms with Crippen LogP contribution in [0.15, 0.2) is 82.6 Å². The number of ether oxygens (including phenoxy) is 1. The number of hydrogen-bond acceptors (Lipinski definition) is 4. The summed E-state index contributed by atoms with van der Waals surface area (Å²) in [6.07, 6.45) is 0. The van der Waals surface area contributed by atoms with Crippen LogP contribution in [0.25, 0.3) is 5.57 Å². The highest BCUT2D eigenvalue weighted by molar-refractivity contribution is 8.04. The lowest BCUT2D eigenvalue weighted by Gasteiger charge is -2.16. The number of carbonyl (C=O) groups excluding carboxylic acids is 2. The highest BCUT2D eigenvalue weighted by Crippen LogP contribution is 2.42. The molecule has 3 aromatic rings. The quantitative estimate of drug-likeness (QED) is 0.437. The largest absolute Gasteiger partial charge is 0.495 e. The number of imide groups is 1. The molecule has 4 rings (SSSR count). The van der Waals surface area contributed by atoms with Crippen LogP contribution < -0.4 is 9.64 Å². The number of hydrogen-bond donors (Lipinski definition) is 0. The van der Waals surface area contributed by atoms with Gasteiger partial charge in [0.2, 0.25) is 0 Å². The third-order valence-electron chi connectivity index (χ3n) is 4.53. The van der Waals surface area contributed by atoms with Crippen molar-refractivity contribution < 1.29 is 14.3 Å². The zero-order chi connectivity index (χ0) is 21.3. The first-order valence-corrected chi connectivity index (χ1v) is 10.5. The van der Waals surface area contributed by atoms with Gasteiger partial charge in [-0.25, -0.2) is 4.90 Å². The summed E-state index contributed by atoms with van der Waals surface area (Å²) in [6, 6.07) is 21.1. The second kappa shape index (κ2) is 8.56. The van der Waals surface area contributed by atoms with E-state index in [-0.39, 0.29) is 0 Å². The van der Waals surface area contributed by atoms with Gasteiger partial charge in [0.1, 0.15) is 5.75 Å². The van der Waals surface area contributed by atoms with Crippen LogP contribution in [0.2, 0.25) is 10.0 Å². The van der Waals surface area contributed by atoms with Gasteiger partial charge in [-0.3, -0.25) is 9.59 Å². The van der Waals surface area contributed by atoms with Crippen LogP contribution in [-0.2, 0) is 9.59 Å². The molecule has 0 atom stereocenters. The van der Waals surface area contributed by atoms with E-state index < -0.39 is 11.8 Å². The van der Waals surface area contributed by atoms with Crippen molar-refractivity contribution in [3.05, 3.63) is 93.3 Å². The Labute approximate surface area is 188 Å². The number of rotatable bonds is 5. The van der Waals surface area contributed by atoms with Gasteiger partial charge in [0.05, 0.1) is 28.3 Å². The minimum atomic E-state index is -0.403. The Bertz CT molecular complexity index is 1160. The van der Waals surface area contributed by atoms with Crippen molar-refractivity contribution in [1.82, 2.24) is 0 Å². The van der Waals surface area contributed by atoms with Crippen molar-refractivity contribution in [2.45, 2.75) is 4.90 Å². The Morgan fingerprint density at radius 1 is 0.867 bits per heavy atom. The van der Waals surface area contributed by atoms with Crippen molar-refractivity contribution in [3.63, 3.8) is 0 Å². The van der Waals surface area contributed by atoms with Gasteiger partial charge >= 0.3 is 0 Å². The fraction of sp³-hybridized carbons (Fsp3) is 0.0435.